The lowest BCUT2D eigenvalue weighted by molar-refractivity contribution is 0.183. The van der Waals surface area contributed by atoms with Crippen molar-refractivity contribution in [1.29, 1.82) is 0 Å². The molecule has 1 aromatic carbocycles. The van der Waals surface area contributed by atoms with Gasteiger partial charge in [0.2, 0.25) is 0 Å². The number of hydrogen-bond acceptors (Lipinski definition) is 4. The minimum absolute atomic E-state index is 0.209. The summed E-state index contributed by atoms with van der Waals surface area (Å²) in [5, 5.41) is 4.28. The summed E-state index contributed by atoms with van der Waals surface area (Å²) in [6.07, 6.45) is 5.17. The zero-order chi connectivity index (χ0) is 16.9. The molecule has 2 heterocycles. The first-order valence-electron chi connectivity index (χ1n) is 9.04. The van der Waals surface area contributed by atoms with Crippen molar-refractivity contribution in [3.05, 3.63) is 47.3 Å². The number of likely N-dealkylation sites (tertiary alicyclic amines) is 1. The standard InChI is InChI=1S/C20H28N2O2/c1-15(2)23-18-10-8-17(9-11-18)14-22-12-6-4-5-7-20(22)19-13-16(3)24-21-19/h8-11,13,15,20H,4-7,12,14H2,1-3H3/t20-/m0/s1. The van der Waals surface area contributed by atoms with E-state index in [1.807, 2.05) is 6.92 Å². The predicted molar refractivity (Wildman–Crippen MR) is 95.1 cm³/mol. The van der Waals surface area contributed by atoms with Gasteiger partial charge in [-0.2, -0.15) is 0 Å². The molecule has 2 aromatic rings. The Bertz CT molecular complexity index is 633. The molecule has 24 heavy (non-hydrogen) atoms. The van der Waals surface area contributed by atoms with Crippen LogP contribution < -0.4 is 4.74 Å². The molecule has 1 aliphatic heterocycles. The van der Waals surface area contributed by atoms with Crippen LogP contribution in [0.25, 0.3) is 0 Å². The van der Waals surface area contributed by atoms with Gasteiger partial charge in [0.15, 0.2) is 0 Å². The molecule has 0 amide bonds. The molecule has 130 valence electrons. The Kier molecular flexibility index (Phi) is 5.56. The van der Waals surface area contributed by atoms with E-state index in [1.165, 1.54) is 24.8 Å². The molecular weight excluding hydrogens is 300 g/mol. The molecule has 0 unspecified atom stereocenters. The van der Waals surface area contributed by atoms with Gasteiger partial charge in [-0.05, 0) is 57.9 Å². The highest BCUT2D eigenvalue weighted by atomic mass is 16.5. The monoisotopic (exact) mass is 328 g/mol. The largest absolute Gasteiger partial charge is 0.491 e. The van der Waals surface area contributed by atoms with Gasteiger partial charge in [0.1, 0.15) is 17.2 Å². The second kappa shape index (κ2) is 7.84. The molecule has 1 atom stereocenters. The summed E-state index contributed by atoms with van der Waals surface area (Å²) < 4.78 is 11.1. The van der Waals surface area contributed by atoms with E-state index in [-0.39, 0.29) is 6.10 Å². The van der Waals surface area contributed by atoms with Crippen molar-refractivity contribution in [3.63, 3.8) is 0 Å². The molecule has 4 heteroatoms. The summed E-state index contributed by atoms with van der Waals surface area (Å²) in [5.41, 5.74) is 2.40. The minimum Gasteiger partial charge on any atom is -0.491 e. The quantitative estimate of drug-likeness (QED) is 0.783. The highest BCUT2D eigenvalue weighted by molar-refractivity contribution is 5.27. The van der Waals surface area contributed by atoms with Crippen LogP contribution in [-0.2, 0) is 6.54 Å². The second-order valence-corrected chi connectivity index (χ2v) is 7.01. The summed E-state index contributed by atoms with van der Waals surface area (Å²) in [4.78, 5) is 2.54. The van der Waals surface area contributed by atoms with Crippen LogP contribution in [0.1, 0.15) is 62.6 Å². The van der Waals surface area contributed by atoms with Gasteiger partial charge in [0.25, 0.3) is 0 Å². The van der Waals surface area contributed by atoms with Gasteiger partial charge in [0, 0.05) is 12.6 Å². The number of hydrogen-bond donors (Lipinski definition) is 0. The number of aromatic nitrogens is 1. The molecule has 0 saturated carbocycles. The Labute approximate surface area is 144 Å². The molecule has 1 fully saturated rings. The molecule has 4 nitrogen and oxygen atoms in total. The Balaban J connectivity index is 1.72. The lowest BCUT2D eigenvalue weighted by Crippen LogP contribution is -2.28. The van der Waals surface area contributed by atoms with Crippen LogP contribution in [-0.4, -0.2) is 22.7 Å². The Morgan fingerprint density at radius 1 is 1.21 bits per heavy atom. The number of nitrogens with zero attached hydrogens (tertiary/aromatic N) is 2. The Morgan fingerprint density at radius 2 is 2.00 bits per heavy atom. The molecule has 1 aromatic heterocycles. The first kappa shape index (κ1) is 17.0. The van der Waals surface area contributed by atoms with E-state index in [2.05, 4.69) is 54.2 Å². The van der Waals surface area contributed by atoms with Gasteiger partial charge in [-0.25, -0.2) is 0 Å². The van der Waals surface area contributed by atoms with Crippen LogP contribution in [0.5, 0.6) is 5.75 Å². The van der Waals surface area contributed by atoms with Gasteiger partial charge < -0.3 is 9.26 Å². The van der Waals surface area contributed by atoms with Crippen molar-refractivity contribution in [1.82, 2.24) is 10.1 Å². The Morgan fingerprint density at radius 3 is 2.67 bits per heavy atom. The van der Waals surface area contributed by atoms with Crippen molar-refractivity contribution in [2.24, 2.45) is 0 Å². The maximum absolute atomic E-state index is 5.74. The van der Waals surface area contributed by atoms with E-state index < -0.39 is 0 Å². The molecule has 0 aliphatic carbocycles. The van der Waals surface area contributed by atoms with E-state index in [0.29, 0.717) is 6.04 Å². The van der Waals surface area contributed by atoms with Crippen molar-refractivity contribution >= 4 is 0 Å². The first-order valence-corrected chi connectivity index (χ1v) is 9.04. The fourth-order valence-corrected chi connectivity index (χ4v) is 3.41. The van der Waals surface area contributed by atoms with Crippen molar-refractivity contribution in [3.8, 4) is 5.75 Å². The van der Waals surface area contributed by atoms with Crippen LogP contribution in [0.4, 0.5) is 0 Å². The van der Waals surface area contributed by atoms with Crippen molar-refractivity contribution in [2.45, 2.75) is 65.1 Å². The average Bonchev–Trinajstić information content (AvgIpc) is 2.84. The Hall–Kier alpha value is -1.81. The van der Waals surface area contributed by atoms with Crippen LogP contribution in [0.3, 0.4) is 0 Å². The molecule has 0 N–H and O–H groups in total. The molecule has 1 saturated heterocycles. The lowest BCUT2D eigenvalue weighted by Gasteiger charge is -2.28. The molecular formula is C20H28N2O2. The van der Waals surface area contributed by atoms with Crippen LogP contribution in [0.15, 0.2) is 34.9 Å². The smallest absolute Gasteiger partial charge is 0.133 e. The average molecular weight is 328 g/mol. The van der Waals surface area contributed by atoms with E-state index in [0.717, 1.165) is 36.7 Å². The third-order valence-electron chi connectivity index (χ3n) is 4.53. The van der Waals surface area contributed by atoms with Gasteiger partial charge in [-0.1, -0.05) is 30.1 Å². The number of rotatable bonds is 5. The summed E-state index contributed by atoms with van der Waals surface area (Å²) in [6.45, 7) is 8.12. The zero-order valence-corrected chi connectivity index (χ0v) is 15.0. The van der Waals surface area contributed by atoms with Gasteiger partial charge in [-0.3, -0.25) is 4.90 Å². The minimum atomic E-state index is 0.209. The first-order chi connectivity index (χ1) is 11.6. The highest BCUT2D eigenvalue weighted by Crippen LogP contribution is 2.31. The molecule has 0 bridgehead atoms. The summed E-state index contributed by atoms with van der Waals surface area (Å²) >= 11 is 0. The summed E-state index contributed by atoms with van der Waals surface area (Å²) in [7, 11) is 0. The number of ether oxygens (including phenoxy) is 1. The zero-order valence-electron chi connectivity index (χ0n) is 15.0. The van der Waals surface area contributed by atoms with E-state index >= 15 is 0 Å². The highest BCUT2D eigenvalue weighted by Gasteiger charge is 2.25. The number of benzene rings is 1. The normalized spacial score (nSPS) is 19.4. The van der Waals surface area contributed by atoms with Crippen molar-refractivity contribution < 1.29 is 9.26 Å². The van der Waals surface area contributed by atoms with Crippen molar-refractivity contribution in [2.75, 3.05) is 6.54 Å². The number of aryl methyl sites for hydroxylation is 1. The van der Waals surface area contributed by atoms with Gasteiger partial charge in [-0.15, -0.1) is 0 Å². The van der Waals surface area contributed by atoms with Gasteiger partial charge in [0.05, 0.1) is 12.1 Å². The van der Waals surface area contributed by atoms with E-state index in [4.69, 9.17) is 9.26 Å². The fourth-order valence-electron chi connectivity index (χ4n) is 3.41. The molecule has 1 aliphatic rings. The van der Waals surface area contributed by atoms with E-state index in [9.17, 15) is 0 Å². The molecule has 3 rings (SSSR count). The fraction of sp³-hybridized carbons (Fsp3) is 0.550. The van der Waals surface area contributed by atoms with Gasteiger partial charge >= 0.3 is 0 Å². The lowest BCUT2D eigenvalue weighted by atomic mass is 10.1. The second-order valence-electron chi connectivity index (χ2n) is 7.01. The summed E-state index contributed by atoms with van der Waals surface area (Å²) in [5.74, 6) is 1.83. The predicted octanol–water partition coefficient (Wildman–Crippen LogP) is 4.89. The van der Waals surface area contributed by atoms with E-state index in [1.54, 1.807) is 0 Å². The maximum Gasteiger partial charge on any atom is 0.133 e. The maximum atomic E-state index is 5.74. The molecule has 0 spiro atoms. The third-order valence-corrected chi connectivity index (χ3v) is 4.53. The molecule has 0 radical (unpaired) electrons. The van der Waals surface area contributed by atoms with Crippen LogP contribution in [0, 0.1) is 6.92 Å². The topological polar surface area (TPSA) is 38.5 Å². The summed E-state index contributed by atoms with van der Waals surface area (Å²) in [6, 6.07) is 10.9. The SMILES string of the molecule is Cc1cc([C@@H]2CCCCCN2Cc2ccc(OC(C)C)cc2)no1. The third kappa shape index (κ3) is 4.38. The van der Waals surface area contributed by atoms with Crippen LogP contribution in [0.2, 0.25) is 0 Å². The van der Waals surface area contributed by atoms with Crippen LogP contribution >= 0.6 is 0 Å².